The second-order valence-electron chi connectivity index (χ2n) is 7.29. The van der Waals surface area contributed by atoms with E-state index >= 15 is 0 Å². The van der Waals surface area contributed by atoms with Crippen molar-refractivity contribution >= 4 is 56.5 Å². The van der Waals surface area contributed by atoms with E-state index in [0.29, 0.717) is 43.3 Å². The van der Waals surface area contributed by atoms with Gasteiger partial charge in [-0.05, 0) is 47.3 Å². The van der Waals surface area contributed by atoms with E-state index in [4.69, 9.17) is 25.8 Å². The van der Waals surface area contributed by atoms with Crippen molar-refractivity contribution in [2.45, 2.75) is 11.7 Å². The number of hydrogen-bond acceptors (Lipinski definition) is 8. The maximum absolute atomic E-state index is 13.2. The second-order valence-corrected chi connectivity index (χ2v) is 9.58. The molecule has 8 nitrogen and oxygen atoms in total. The van der Waals surface area contributed by atoms with Gasteiger partial charge >= 0.3 is 0 Å². The zero-order chi connectivity index (χ0) is 23.7. The van der Waals surface area contributed by atoms with Gasteiger partial charge in [0.25, 0.3) is 5.56 Å². The van der Waals surface area contributed by atoms with E-state index < -0.39 is 0 Å². The minimum absolute atomic E-state index is 0.0406. The van der Waals surface area contributed by atoms with Crippen LogP contribution in [-0.4, -0.2) is 35.1 Å². The molecular formula is C23H18ClN3O5S2. The Hall–Kier alpha value is -3.21. The summed E-state index contributed by atoms with van der Waals surface area (Å²) in [5.41, 5.74) is 1.78. The van der Waals surface area contributed by atoms with E-state index in [9.17, 15) is 9.59 Å². The van der Waals surface area contributed by atoms with Crippen LogP contribution < -0.4 is 25.1 Å². The van der Waals surface area contributed by atoms with Crippen LogP contribution in [0.25, 0.3) is 10.2 Å². The molecule has 0 saturated carbocycles. The fourth-order valence-corrected chi connectivity index (χ4v) is 5.24. The monoisotopic (exact) mass is 515 g/mol. The maximum Gasteiger partial charge on any atom is 0.272 e. The third kappa shape index (κ3) is 4.56. The van der Waals surface area contributed by atoms with Crippen molar-refractivity contribution in [1.82, 2.24) is 9.55 Å². The molecule has 0 fully saturated rings. The Morgan fingerprint density at radius 2 is 2.09 bits per heavy atom. The van der Waals surface area contributed by atoms with Gasteiger partial charge in [0.05, 0.1) is 30.6 Å². The lowest BCUT2D eigenvalue weighted by atomic mass is 10.2. The van der Waals surface area contributed by atoms with Crippen LogP contribution in [-0.2, 0) is 11.3 Å². The summed E-state index contributed by atoms with van der Waals surface area (Å²) in [7, 11) is 1.52. The van der Waals surface area contributed by atoms with Gasteiger partial charge in [0.1, 0.15) is 10.4 Å². The lowest BCUT2D eigenvalue weighted by Gasteiger charge is -2.13. The Kier molecular flexibility index (Phi) is 6.36. The molecule has 0 saturated heterocycles. The van der Waals surface area contributed by atoms with Crippen LogP contribution in [0.15, 0.2) is 57.8 Å². The molecule has 34 heavy (non-hydrogen) atoms. The van der Waals surface area contributed by atoms with Gasteiger partial charge in [-0.2, -0.15) is 0 Å². The molecule has 1 N–H and O–H groups in total. The molecule has 0 radical (unpaired) electrons. The molecule has 2 aromatic heterocycles. The van der Waals surface area contributed by atoms with Crippen molar-refractivity contribution in [3.05, 3.63) is 68.8 Å². The first-order chi connectivity index (χ1) is 16.5. The van der Waals surface area contributed by atoms with Gasteiger partial charge in [-0.3, -0.25) is 14.2 Å². The molecule has 0 bridgehead atoms. The highest BCUT2D eigenvalue weighted by Crippen LogP contribution is 2.33. The van der Waals surface area contributed by atoms with Gasteiger partial charge in [0, 0.05) is 5.02 Å². The molecule has 0 spiro atoms. The van der Waals surface area contributed by atoms with Crippen molar-refractivity contribution in [2.75, 3.05) is 25.0 Å². The van der Waals surface area contributed by atoms with Gasteiger partial charge in [-0.1, -0.05) is 29.4 Å². The number of carbonyl (C=O) groups is 1. The first kappa shape index (κ1) is 22.6. The Morgan fingerprint density at radius 1 is 1.24 bits per heavy atom. The Labute approximate surface area is 207 Å². The lowest BCUT2D eigenvalue weighted by molar-refractivity contribution is -0.113. The summed E-state index contributed by atoms with van der Waals surface area (Å²) < 4.78 is 18.3. The van der Waals surface area contributed by atoms with Crippen LogP contribution in [0, 0.1) is 0 Å². The van der Waals surface area contributed by atoms with Gasteiger partial charge in [0.2, 0.25) is 12.7 Å². The highest BCUT2D eigenvalue weighted by Gasteiger charge is 2.18. The topological polar surface area (TPSA) is 91.7 Å². The van der Waals surface area contributed by atoms with Crippen LogP contribution in [0.5, 0.6) is 17.2 Å². The molecule has 4 aromatic rings. The van der Waals surface area contributed by atoms with Crippen molar-refractivity contribution in [1.29, 1.82) is 0 Å². The molecule has 5 rings (SSSR count). The summed E-state index contributed by atoms with van der Waals surface area (Å²) in [5.74, 6) is 1.57. The third-order valence-corrected chi connectivity index (χ3v) is 7.18. The van der Waals surface area contributed by atoms with Crippen LogP contribution in [0.2, 0.25) is 5.02 Å². The number of benzene rings is 2. The van der Waals surface area contributed by atoms with Crippen LogP contribution in [0.4, 0.5) is 5.69 Å². The van der Waals surface area contributed by atoms with Crippen LogP contribution in [0.1, 0.15) is 5.56 Å². The average Bonchev–Trinajstić information content (AvgIpc) is 3.49. The van der Waals surface area contributed by atoms with Crippen molar-refractivity contribution in [3.8, 4) is 17.2 Å². The molecule has 1 aliphatic heterocycles. The summed E-state index contributed by atoms with van der Waals surface area (Å²) in [5, 5.41) is 5.56. The lowest BCUT2D eigenvalue weighted by Crippen LogP contribution is -2.24. The van der Waals surface area contributed by atoms with Gasteiger partial charge < -0.3 is 19.5 Å². The predicted octanol–water partition coefficient (Wildman–Crippen LogP) is 4.63. The molecule has 174 valence electrons. The summed E-state index contributed by atoms with van der Waals surface area (Å²) in [6, 6.07) is 12.3. The number of thioether (sulfide) groups is 1. The number of amides is 1. The first-order valence-corrected chi connectivity index (χ1v) is 12.4. The Balaban J connectivity index is 1.40. The fourth-order valence-electron chi connectivity index (χ4n) is 3.49. The summed E-state index contributed by atoms with van der Waals surface area (Å²) >= 11 is 8.58. The molecule has 3 heterocycles. The molecular weight excluding hydrogens is 498 g/mol. The number of methoxy groups -OCH3 is 1. The van der Waals surface area contributed by atoms with Gasteiger partial charge in [0.15, 0.2) is 16.7 Å². The summed E-state index contributed by atoms with van der Waals surface area (Å²) in [4.78, 5) is 30.6. The van der Waals surface area contributed by atoms with E-state index in [0.717, 1.165) is 5.56 Å². The van der Waals surface area contributed by atoms with Crippen LogP contribution in [0.3, 0.4) is 0 Å². The number of carbonyl (C=O) groups excluding carboxylic acids is 1. The largest absolute Gasteiger partial charge is 0.495 e. The number of thiophene rings is 1. The minimum atomic E-state index is -0.278. The SMILES string of the molecule is COc1ccc(Cl)cc1NC(=O)CSc1nc2ccsc2c(=O)n1Cc1ccc2c(c1)OCO2. The first-order valence-electron chi connectivity index (χ1n) is 10.1. The summed E-state index contributed by atoms with van der Waals surface area (Å²) in [6.07, 6.45) is 0. The van der Waals surface area contributed by atoms with E-state index in [1.807, 2.05) is 23.6 Å². The van der Waals surface area contributed by atoms with Crippen molar-refractivity contribution in [2.24, 2.45) is 0 Å². The number of rotatable bonds is 7. The number of nitrogens with zero attached hydrogens (tertiary/aromatic N) is 2. The molecule has 0 aliphatic carbocycles. The number of anilines is 1. The van der Waals surface area contributed by atoms with E-state index in [-0.39, 0.29) is 30.6 Å². The normalized spacial score (nSPS) is 12.2. The number of aromatic nitrogens is 2. The molecule has 1 amide bonds. The number of halogens is 1. The minimum Gasteiger partial charge on any atom is -0.495 e. The quantitative estimate of drug-likeness (QED) is 0.283. The van der Waals surface area contributed by atoms with E-state index in [1.54, 1.807) is 28.8 Å². The molecule has 0 atom stereocenters. The Morgan fingerprint density at radius 3 is 2.94 bits per heavy atom. The fraction of sp³-hybridized carbons (Fsp3) is 0.174. The zero-order valence-electron chi connectivity index (χ0n) is 17.9. The van der Waals surface area contributed by atoms with E-state index in [1.165, 1.54) is 30.2 Å². The number of hydrogen-bond donors (Lipinski definition) is 1. The molecule has 0 unspecified atom stereocenters. The van der Waals surface area contributed by atoms with Crippen LogP contribution >= 0.6 is 34.7 Å². The third-order valence-electron chi connectivity index (χ3n) is 5.08. The van der Waals surface area contributed by atoms with Crippen molar-refractivity contribution in [3.63, 3.8) is 0 Å². The standard InChI is InChI=1S/C23H18ClN3O5S2/c1-30-17-5-3-14(24)9-16(17)25-20(28)11-34-23-26-15-6-7-33-21(15)22(29)27(23)10-13-2-4-18-19(8-13)32-12-31-18/h2-9H,10-12H2,1H3,(H,25,28). The zero-order valence-corrected chi connectivity index (χ0v) is 20.3. The number of ether oxygens (including phenoxy) is 3. The smallest absolute Gasteiger partial charge is 0.272 e. The highest BCUT2D eigenvalue weighted by atomic mass is 35.5. The van der Waals surface area contributed by atoms with Gasteiger partial charge in [-0.25, -0.2) is 4.98 Å². The predicted molar refractivity (Wildman–Crippen MR) is 133 cm³/mol. The second kappa shape index (κ2) is 9.57. The number of fused-ring (bicyclic) bond motifs is 2. The molecule has 1 aliphatic rings. The molecule has 2 aromatic carbocycles. The summed E-state index contributed by atoms with van der Waals surface area (Å²) in [6.45, 7) is 0.456. The highest BCUT2D eigenvalue weighted by molar-refractivity contribution is 7.99. The number of nitrogens with one attached hydrogen (secondary N) is 1. The van der Waals surface area contributed by atoms with E-state index in [2.05, 4.69) is 10.3 Å². The molecule has 11 heteroatoms. The van der Waals surface area contributed by atoms with Crippen molar-refractivity contribution < 1.29 is 19.0 Å². The average molecular weight is 516 g/mol. The maximum atomic E-state index is 13.2. The Bertz CT molecular complexity index is 1450. The van der Waals surface area contributed by atoms with Gasteiger partial charge in [-0.15, -0.1) is 11.3 Å².